The first kappa shape index (κ1) is 52.0. The van der Waals surface area contributed by atoms with Crippen molar-refractivity contribution in [2.24, 2.45) is 0 Å². The van der Waals surface area contributed by atoms with E-state index in [1.54, 1.807) is 18.2 Å². The van der Waals surface area contributed by atoms with Crippen LogP contribution in [0.3, 0.4) is 0 Å². The van der Waals surface area contributed by atoms with Crippen LogP contribution in [0.4, 0.5) is 39.0 Å². The normalized spacial score (nSPS) is 10.2. The van der Waals surface area contributed by atoms with Crippen molar-refractivity contribution in [1.82, 2.24) is 0 Å². The van der Waals surface area contributed by atoms with Gasteiger partial charge in [0.2, 0.25) is 11.6 Å². The zero-order chi connectivity index (χ0) is 48.1. The Balaban J connectivity index is 0.000000192. The number of halogens is 10. The van der Waals surface area contributed by atoms with Gasteiger partial charge < -0.3 is 19.9 Å². The summed E-state index contributed by atoms with van der Waals surface area (Å²) >= 11 is 17.8. The Morgan fingerprint density at radius 2 is 0.831 bits per heavy atom. The van der Waals surface area contributed by atoms with Crippen molar-refractivity contribution in [3.63, 3.8) is 0 Å². The van der Waals surface area contributed by atoms with Gasteiger partial charge in [0.05, 0.1) is 50.6 Å². The number of nitro benzene ring substituents is 2. The SMILES string of the molecule is Cc1cccc(Oc2cc(Br)c(F)cc2Cl)c1.Cc1cccc(Oc2cc(Br)c(F)cc2N)c1.Cc1cccc(Oc2cc(Br)c(F)cc2[N+](=O)[O-])c1.O=[N+]([O-])c1cc(F)c(Br)cc1F. The van der Waals surface area contributed by atoms with Gasteiger partial charge in [-0.25, -0.2) is 17.6 Å². The smallest absolute Gasteiger partial charge is 0.314 e. The Kier molecular flexibility index (Phi) is 19.3. The van der Waals surface area contributed by atoms with Crippen LogP contribution in [0.5, 0.6) is 34.5 Å². The molecule has 0 aliphatic carbocycles. The summed E-state index contributed by atoms with van der Waals surface area (Å²) in [5.41, 5.74) is 7.81. The van der Waals surface area contributed by atoms with Gasteiger partial charge in [0.1, 0.15) is 46.3 Å². The average Bonchev–Trinajstić information content (AvgIpc) is 3.22. The molecule has 20 heteroatoms. The summed E-state index contributed by atoms with van der Waals surface area (Å²) in [4.78, 5) is 19.3. The van der Waals surface area contributed by atoms with Gasteiger partial charge >= 0.3 is 11.4 Å². The molecule has 0 radical (unpaired) electrons. The Bertz CT molecular complexity index is 2760. The van der Waals surface area contributed by atoms with Gasteiger partial charge in [-0.3, -0.25) is 20.2 Å². The largest absolute Gasteiger partial charge is 0.456 e. The van der Waals surface area contributed by atoms with Crippen LogP contribution in [0.2, 0.25) is 5.02 Å². The molecular weight excluding hydrogens is 1140 g/mol. The molecule has 0 atom stereocenters. The fourth-order valence-corrected chi connectivity index (χ4v) is 6.50. The standard InChI is InChI=1S/C13H9BrClFO.C13H9BrFNO3.C13H11BrFNO.C6H2BrF2NO2/c1-8-3-2-4-9(5-8)17-13-6-10(14)12(16)7-11(13)15;1-8-3-2-4-9(5-8)19-13-6-10(14)11(15)7-12(13)16(17)18;1-8-3-2-4-9(5-8)17-13-6-10(14)11(15)7-12(13)16;7-3-1-5(9)6(10(11)12)2-4(3)8/h2-7H,1H3;2-7H,1H3;2-7H,16H2,1H3;1-2H. The fourth-order valence-electron chi connectivity index (χ4n) is 5.03. The number of rotatable bonds is 8. The topological polar surface area (TPSA) is 140 Å². The second-order valence-corrected chi connectivity index (χ2v) is 17.0. The predicted octanol–water partition coefficient (Wildman–Crippen LogP) is 16.8. The highest BCUT2D eigenvalue weighted by molar-refractivity contribution is 9.11. The van der Waals surface area contributed by atoms with E-state index >= 15 is 0 Å². The minimum atomic E-state index is -1.06. The molecular formula is C45H31Br4ClF5N3O7. The number of nitrogens with two attached hydrogens (primary N) is 1. The van der Waals surface area contributed by atoms with E-state index in [9.17, 15) is 42.2 Å². The second-order valence-electron chi connectivity index (χ2n) is 13.2. The molecule has 7 aromatic rings. The highest BCUT2D eigenvalue weighted by atomic mass is 79.9. The van der Waals surface area contributed by atoms with Crippen LogP contribution >= 0.6 is 75.3 Å². The summed E-state index contributed by atoms with van der Waals surface area (Å²) in [5, 5.41) is 21.2. The van der Waals surface area contributed by atoms with E-state index < -0.39 is 50.3 Å². The van der Waals surface area contributed by atoms with Gasteiger partial charge in [-0.15, -0.1) is 0 Å². The second kappa shape index (κ2) is 24.1. The maximum atomic E-state index is 13.3. The van der Waals surface area contributed by atoms with E-state index in [4.69, 9.17) is 31.5 Å². The van der Waals surface area contributed by atoms with E-state index in [1.165, 1.54) is 30.3 Å². The number of hydrogen-bond donors (Lipinski definition) is 1. The summed E-state index contributed by atoms with van der Waals surface area (Å²) in [7, 11) is 0. The molecule has 338 valence electrons. The Morgan fingerprint density at radius 1 is 0.477 bits per heavy atom. The summed E-state index contributed by atoms with van der Waals surface area (Å²) in [6.07, 6.45) is 0. The van der Waals surface area contributed by atoms with Crippen molar-refractivity contribution in [3.8, 4) is 34.5 Å². The lowest BCUT2D eigenvalue weighted by molar-refractivity contribution is -0.387. The Hall–Kier alpha value is -5.60. The Labute approximate surface area is 406 Å². The molecule has 0 aromatic heterocycles. The summed E-state index contributed by atoms with van der Waals surface area (Å²) in [6, 6.07) is 31.0. The number of benzene rings is 7. The predicted molar refractivity (Wildman–Crippen MR) is 253 cm³/mol. The number of aryl methyl sites for hydroxylation is 3. The van der Waals surface area contributed by atoms with E-state index in [-0.39, 0.29) is 25.4 Å². The molecule has 0 spiro atoms. The van der Waals surface area contributed by atoms with Gasteiger partial charge in [0.15, 0.2) is 5.75 Å². The quantitative estimate of drug-likeness (QED) is 0.0522. The number of ether oxygens (including phenoxy) is 3. The third-order valence-electron chi connectivity index (χ3n) is 8.06. The molecule has 2 N–H and O–H groups in total. The van der Waals surface area contributed by atoms with Crippen molar-refractivity contribution in [2.45, 2.75) is 20.8 Å². The lowest BCUT2D eigenvalue weighted by Gasteiger charge is -2.09. The highest BCUT2D eigenvalue weighted by Gasteiger charge is 2.20. The van der Waals surface area contributed by atoms with Crippen LogP contribution in [-0.4, -0.2) is 9.85 Å². The molecule has 0 saturated carbocycles. The van der Waals surface area contributed by atoms with E-state index in [1.807, 2.05) is 75.4 Å². The monoisotopic (exact) mass is 1170 g/mol. The van der Waals surface area contributed by atoms with Crippen LogP contribution in [0, 0.1) is 70.1 Å². The number of nitro groups is 2. The van der Waals surface area contributed by atoms with Crippen LogP contribution in [-0.2, 0) is 0 Å². The number of nitrogens with zero attached hydrogens (tertiary/aromatic N) is 2. The van der Waals surface area contributed by atoms with Crippen molar-refractivity contribution in [3.05, 3.63) is 210 Å². The first-order valence-corrected chi connectivity index (χ1v) is 21.7. The van der Waals surface area contributed by atoms with Gasteiger partial charge in [-0.05, 0) is 156 Å². The number of nitrogen functional groups attached to an aromatic ring is 1. The van der Waals surface area contributed by atoms with E-state index in [0.29, 0.717) is 49.8 Å². The Morgan fingerprint density at radius 3 is 1.28 bits per heavy atom. The fraction of sp³-hybridized carbons (Fsp3) is 0.0667. The summed E-state index contributed by atoms with van der Waals surface area (Å²) in [5.74, 6) is -0.786. The van der Waals surface area contributed by atoms with E-state index in [0.717, 1.165) is 22.8 Å². The third-order valence-corrected chi connectivity index (χ3v) is 10.8. The first-order valence-electron chi connectivity index (χ1n) is 18.2. The maximum absolute atomic E-state index is 13.3. The number of hydrogen-bond acceptors (Lipinski definition) is 8. The molecule has 0 saturated heterocycles. The number of anilines is 1. The zero-order valence-electron chi connectivity index (χ0n) is 33.7. The highest BCUT2D eigenvalue weighted by Crippen LogP contribution is 2.37. The molecule has 0 amide bonds. The van der Waals surface area contributed by atoms with Crippen LogP contribution < -0.4 is 19.9 Å². The molecule has 0 bridgehead atoms. The molecule has 65 heavy (non-hydrogen) atoms. The van der Waals surface area contributed by atoms with Crippen LogP contribution in [0.25, 0.3) is 0 Å². The molecule has 0 aliphatic heterocycles. The maximum Gasteiger partial charge on any atom is 0.314 e. The van der Waals surface area contributed by atoms with Gasteiger partial charge in [-0.2, -0.15) is 4.39 Å². The van der Waals surface area contributed by atoms with Crippen LogP contribution in [0.1, 0.15) is 16.7 Å². The van der Waals surface area contributed by atoms with Gasteiger partial charge in [0, 0.05) is 18.2 Å². The molecule has 7 aromatic carbocycles. The van der Waals surface area contributed by atoms with Crippen molar-refractivity contribution < 1.29 is 46.0 Å². The van der Waals surface area contributed by atoms with Gasteiger partial charge in [0.25, 0.3) is 0 Å². The molecule has 10 nitrogen and oxygen atoms in total. The van der Waals surface area contributed by atoms with Crippen LogP contribution in [0.15, 0.2) is 139 Å². The molecule has 0 unspecified atom stereocenters. The van der Waals surface area contributed by atoms with Crippen molar-refractivity contribution in [1.29, 1.82) is 0 Å². The average molecular weight is 1180 g/mol. The molecule has 0 heterocycles. The molecule has 0 aliphatic rings. The van der Waals surface area contributed by atoms with E-state index in [2.05, 4.69) is 63.7 Å². The lowest BCUT2D eigenvalue weighted by Crippen LogP contribution is -1.95. The summed E-state index contributed by atoms with van der Waals surface area (Å²) < 4.78 is 82.2. The third kappa shape index (κ3) is 15.8. The lowest BCUT2D eigenvalue weighted by atomic mass is 10.2. The van der Waals surface area contributed by atoms with Gasteiger partial charge in [-0.1, -0.05) is 48.0 Å². The zero-order valence-corrected chi connectivity index (χ0v) is 40.8. The summed E-state index contributed by atoms with van der Waals surface area (Å²) in [6.45, 7) is 5.81. The van der Waals surface area contributed by atoms with Crippen molar-refractivity contribution in [2.75, 3.05) is 5.73 Å². The molecule has 7 rings (SSSR count). The molecule has 0 fully saturated rings. The van der Waals surface area contributed by atoms with Crippen molar-refractivity contribution >= 4 is 92.4 Å². The minimum Gasteiger partial charge on any atom is -0.456 e. The minimum absolute atomic E-state index is 0.0103. The first-order chi connectivity index (χ1) is 30.6.